The molecular weight excluding hydrogens is 396 g/mol. The Morgan fingerprint density at radius 3 is 2.41 bits per heavy atom. The average Bonchev–Trinajstić information content (AvgIpc) is 2.68. The Kier molecular flexibility index (Phi) is 5.57. The number of carbonyl (C=O) groups is 1. The fraction of sp³-hybridized carbons (Fsp3) is 0.111. The van der Waals surface area contributed by atoms with Crippen molar-refractivity contribution in [2.75, 3.05) is 11.9 Å². The first kappa shape index (κ1) is 20.0. The molecule has 1 aromatic carbocycles. The van der Waals surface area contributed by atoms with Crippen LogP contribution < -0.4 is 15.6 Å². The topological polar surface area (TPSA) is 86.1 Å². The molecule has 1 N–H and O–H groups in total. The van der Waals surface area contributed by atoms with Crippen LogP contribution in [-0.2, 0) is 0 Å². The number of benzene rings is 1. The van der Waals surface area contributed by atoms with Crippen LogP contribution in [0.3, 0.4) is 0 Å². The average molecular weight is 408 g/mol. The molecule has 3 rings (SSSR count). The molecule has 11 heteroatoms. The van der Waals surface area contributed by atoms with Crippen LogP contribution in [0.25, 0.3) is 5.69 Å². The lowest BCUT2D eigenvalue weighted by Crippen LogP contribution is -2.25. The van der Waals surface area contributed by atoms with Crippen LogP contribution in [0, 0.1) is 5.82 Å². The number of halogens is 4. The molecule has 0 spiro atoms. The second-order valence-corrected chi connectivity index (χ2v) is 5.69. The van der Waals surface area contributed by atoms with Gasteiger partial charge in [0.2, 0.25) is 5.88 Å². The zero-order valence-corrected chi connectivity index (χ0v) is 14.5. The first-order chi connectivity index (χ1) is 13.7. The van der Waals surface area contributed by atoms with Gasteiger partial charge in [0.15, 0.2) is 6.61 Å². The third-order valence-electron chi connectivity index (χ3n) is 3.48. The van der Waals surface area contributed by atoms with Crippen molar-refractivity contribution in [2.24, 2.45) is 0 Å². The summed E-state index contributed by atoms with van der Waals surface area (Å²) in [6.45, 7) is -1.49. The van der Waals surface area contributed by atoms with Crippen molar-refractivity contribution in [3.8, 4) is 11.6 Å². The number of ether oxygens (including phenoxy) is 1. The maximum atomic E-state index is 13.0. The summed E-state index contributed by atoms with van der Waals surface area (Å²) in [6.07, 6.45) is -3.38. The van der Waals surface area contributed by atoms with Crippen molar-refractivity contribution in [1.82, 2.24) is 14.8 Å². The Morgan fingerprint density at radius 2 is 1.79 bits per heavy atom. The molecule has 0 radical (unpaired) electrons. The normalized spacial score (nSPS) is 11.2. The van der Waals surface area contributed by atoms with Gasteiger partial charge in [-0.2, -0.15) is 23.0 Å². The summed E-state index contributed by atoms with van der Waals surface area (Å²) in [5.41, 5.74) is -0.207. The minimum atomic E-state index is -4.49. The Hall–Kier alpha value is -3.76. The van der Waals surface area contributed by atoms with Crippen LogP contribution >= 0.6 is 0 Å². The fourth-order valence-corrected chi connectivity index (χ4v) is 2.19. The molecule has 0 aliphatic rings. The molecule has 0 fully saturated rings. The lowest BCUT2D eigenvalue weighted by molar-refractivity contribution is -0.154. The fourth-order valence-electron chi connectivity index (χ4n) is 2.19. The van der Waals surface area contributed by atoms with Gasteiger partial charge in [0.25, 0.3) is 11.5 Å². The van der Waals surface area contributed by atoms with Gasteiger partial charge in [0.05, 0.1) is 17.6 Å². The Labute approximate surface area is 160 Å². The molecule has 0 unspecified atom stereocenters. The number of nitrogens with one attached hydrogen (secondary N) is 1. The lowest BCUT2D eigenvalue weighted by Gasteiger charge is -2.10. The number of amides is 1. The van der Waals surface area contributed by atoms with E-state index < -0.39 is 30.1 Å². The van der Waals surface area contributed by atoms with Crippen molar-refractivity contribution in [2.45, 2.75) is 6.18 Å². The molecule has 0 aliphatic heterocycles. The first-order valence-electron chi connectivity index (χ1n) is 8.04. The number of nitrogens with zero attached hydrogens (tertiary/aromatic N) is 3. The highest BCUT2D eigenvalue weighted by atomic mass is 19.4. The van der Waals surface area contributed by atoms with E-state index in [1.807, 2.05) is 0 Å². The van der Waals surface area contributed by atoms with Gasteiger partial charge in [0.1, 0.15) is 11.5 Å². The Morgan fingerprint density at radius 1 is 1.07 bits per heavy atom. The highest BCUT2D eigenvalue weighted by Crippen LogP contribution is 2.18. The highest BCUT2D eigenvalue weighted by Gasteiger charge is 2.28. The van der Waals surface area contributed by atoms with Gasteiger partial charge in [-0.05, 0) is 36.4 Å². The van der Waals surface area contributed by atoms with Crippen molar-refractivity contribution < 1.29 is 27.1 Å². The molecule has 0 saturated carbocycles. The van der Waals surface area contributed by atoms with Gasteiger partial charge in [-0.15, -0.1) is 0 Å². The van der Waals surface area contributed by atoms with Gasteiger partial charge in [-0.3, -0.25) is 9.59 Å². The van der Waals surface area contributed by atoms with Crippen LogP contribution in [0.1, 0.15) is 10.5 Å². The summed E-state index contributed by atoms with van der Waals surface area (Å²) < 4.78 is 54.8. The first-order valence-corrected chi connectivity index (χ1v) is 8.04. The van der Waals surface area contributed by atoms with Crippen LogP contribution in [0.5, 0.6) is 5.88 Å². The number of hydrogen-bond donors (Lipinski definition) is 1. The molecule has 7 nitrogen and oxygen atoms in total. The third-order valence-corrected chi connectivity index (χ3v) is 3.48. The SMILES string of the molecule is O=C(Nc1ccc(OCC(F)(F)F)nc1)c1ccc(=O)n(-c2ccc(F)cc2)n1. The summed E-state index contributed by atoms with van der Waals surface area (Å²) in [6, 6.07) is 9.73. The number of rotatable bonds is 5. The van der Waals surface area contributed by atoms with E-state index in [9.17, 15) is 27.2 Å². The quantitative estimate of drug-likeness (QED) is 0.656. The van der Waals surface area contributed by atoms with Crippen molar-refractivity contribution in [3.63, 3.8) is 0 Å². The standard InChI is InChI=1S/C18H12F4N4O3/c19-11-1-4-13(5-2-11)26-16(27)8-6-14(25-26)17(28)24-12-3-7-15(23-9-12)29-10-18(20,21)22/h1-9H,10H2,(H,24,28). The molecule has 0 atom stereocenters. The van der Waals surface area contributed by atoms with Gasteiger partial charge in [-0.1, -0.05) is 0 Å². The Balaban J connectivity index is 1.73. The molecule has 2 heterocycles. The van der Waals surface area contributed by atoms with E-state index in [4.69, 9.17) is 0 Å². The zero-order valence-electron chi connectivity index (χ0n) is 14.5. The summed E-state index contributed by atoms with van der Waals surface area (Å²) in [5, 5.41) is 6.39. The number of aromatic nitrogens is 3. The number of carbonyl (C=O) groups excluding carboxylic acids is 1. The van der Waals surface area contributed by atoms with Gasteiger partial charge < -0.3 is 10.1 Å². The van der Waals surface area contributed by atoms with E-state index in [1.165, 1.54) is 24.3 Å². The van der Waals surface area contributed by atoms with E-state index in [0.29, 0.717) is 0 Å². The maximum Gasteiger partial charge on any atom is 0.422 e. The summed E-state index contributed by atoms with van der Waals surface area (Å²) in [7, 11) is 0. The zero-order chi connectivity index (χ0) is 21.0. The van der Waals surface area contributed by atoms with Crippen molar-refractivity contribution in [1.29, 1.82) is 0 Å². The maximum absolute atomic E-state index is 13.0. The smallest absolute Gasteiger partial charge is 0.422 e. The lowest BCUT2D eigenvalue weighted by atomic mass is 10.3. The highest BCUT2D eigenvalue weighted by molar-refractivity contribution is 6.02. The molecule has 0 aliphatic carbocycles. The van der Waals surface area contributed by atoms with Gasteiger partial charge in [-0.25, -0.2) is 9.37 Å². The van der Waals surface area contributed by atoms with E-state index >= 15 is 0 Å². The van der Waals surface area contributed by atoms with Crippen LogP contribution in [0.2, 0.25) is 0 Å². The van der Waals surface area contributed by atoms with E-state index in [0.717, 1.165) is 35.1 Å². The number of anilines is 1. The molecule has 0 bridgehead atoms. The number of alkyl halides is 3. The molecule has 29 heavy (non-hydrogen) atoms. The summed E-state index contributed by atoms with van der Waals surface area (Å²) in [4.78, 5) is 28.0. The van der Waals surface area contributed by atoms with Crippen molar-refractivity contribution >= 4 is 11.6 Å². The molecule has 0 saturated heterocycles. The summed E-state index contributed by atoms with van der Waals surface area (Å²) in [5.74, 6) is -1.44. The number of hydrogen-bond acceptors (Lipinski definition) is 5. The third kappa shape index (κ3) is 5.37. The van der Waals surface area contributed by atoms with Crippen molar-refractivity contribution in [3.05, 3.63) is 76.6 Å². The van der Waals surface area contributed by atoms with Crippen LogP contribution in [-0.4, -0.2) is 33.5 Å². The minimum Gasteiger partial charge on any atom is -0.468 e. The summed E-state index contributed by atoms with van der Waals surface area (Å²) >= 11 is 0. The van der Waals surface area contributed by atoms with Crippen LogP contribution in [0.15, 0.2) is 59.5 Å². The monoisotopic (exact) mass is 408 g/mol. The number of pyridine rings is 1. The predicted octanol–water partition coefficient (Wildman–Crippen LogP) is 2.96. The van der Waals surface area contributed by atoms with Gasteiger partial charge >= 0.3 is 6.18 Å². The molecular formula is C18H12F4N4O3. The largest absolute Gasteiger partial charge is 0.468 e. The van der Waals surface area contributed by atoms with Gasteiger partial charge in [0, 0.05) is 12.1 Å². The predicted molar refractivity (Wildman–Crippen MR) is 93.5 cm³/mol. The van der Waals surface area contributed by atoms with E-state index in [2.05, 4.69) is 20.1 Å². The van der Waals surface area contributed by atoms with Crippen LogP contribution in [0.4, 0.5) is 23.2 Å². The molecule has 3 aromatic rings. The minimum absolute atomic E-state index is 0.119. The van der Waals surface area contributed by atoms with E-state index in [-0.39, 0.29) is 22.9 Å². The molecule has 1 amide bonds. The molecule has 2 aromatic heterocycles. The van der Waals surface area contributed by atoms with E-state index in [1.54, 1.807) is 0 Å². The molecule has 150 valence electrons. The second kappa shape index (κ2) is 8.09. The second-order valence-electron chi connectivity index (χ2n) is 5.69. The Bertz CT molecular complexity index is 1060.